The summed E-state index contributed by atoms with van der Waals surface area (Å²) in [5.74, 6) is 0.694. The first kappa shape index (κ1) is 18.8. The quantitative estimate of drug-likeness (QED) is 0.362. The summed E-state index contributed by atoms with van der Waals surface area (Å²) in [5.41, 5.74) is 2.80. The van der Waals surface area contributed by atoms with Crippen LogP contribution in [0.3, 0.4) is 0 Å². The summed E-state index contributed by atoms with van der Waals surface area (Å²) >= 11 is 1.12. The molecule has 2 heterocycles. The zero-order chi connectivity index (χ0) is 20.4. The van der Waals surface area contributed by atoms with Gasteiger partial charge < -0.3 is 14.2 Å². The Balaban J connectivity index is 1.52. The van der Waals surface area contributed by atoms with Gasteiger partial charge in [0.1, 0.15) is 17.5 Å². The Morgan fingerprint density at radius 2 is 1.66 bits per heavy atom. The van der Waals surface area contributed by atoms with Crippen molar-refractivity contribution in [3.05, 3.63) is 66.0 Å². The maximum atomic E-state index is 12.8. The molecule has 0 atom stereocenters. The molecule has 4 rings (SSSR count). The zero-order valence-electron chi connectivity index (χ0n) is 15.9. The first-order valence-corrected chi connectivity index (χ1v) is 9.84. The van der Waals surface area contributed by atoms with E-state index in [0.717, 1.165) is 28.7 Å². The number of benzene rings is 2. The summed E-state index contributed by atoms with van der Waals surface area (Å²) in [6.07, 6.45) is 0. The van der Waals surface area contributed by atoms with Gasteiger partial charge in [0.15, 0.2) is 5.78 Å². The van der Waals surface area contributed by atoms with Crippen LogP contribution in [0.4, 0.5) is 11.4 Å². The maximum absolute atomic E-state index is 12.8. The van der Waals surface area contributed by atoms with Crippen molar-refractivity contribution in [3.63, 3.8) is 0 Å². The molecule has 29 heavy (non-hydrogen) atoms. The average Bonchev–Trinajstić information content (AvgIpc) is 3.33. The highest BCUT2D eigenvalue weighted by Gasteiger charge is 2.31. The second kappa shape index (κ2) is 7.81. The Bertz CT molecular complexity index is 1100. The molecule has 0 amide bonds. The first-order chi connectivity index (χ1) is 14.1. The Kier molecular flexibility index (Phi) is 5.06. The van der Waals surface area contributed by atoms with Gasteiger partial charge in [0.25, 0.3) is 5.22 Å². The lowest BCUT2D eigenvalue weighted by atomic mass is 10.2. The smallest absolute Gasteiger partial charge is 0.277 e. The molecule has 1 aliphatic rings. The van der Waals surface area contributed by atoms with E-state index in [0.29, 0.717) is 11.7 Å². The lowest BCUT2D eigenvalue weighted by Gasteiger charge is -2.19. The SMILES string of the molecule is CN1C(=C(C#N)C(=O)CSc2nnc(-c3ccccc3)o2)N(C)c2ccccc21. The van der Waals surface area contributed by atoms with Crippen LogP contribution in [0.2, 0.25) is 0 Å². The number of anilines is 2. The minimum Gasteiger partial charge on any atom is -0.411 e. The van der Waals surface area contributed by atoms with Crippen LogP contribution in [0.5, 0.6) is 0 Å². The zero-order valence-corrected chi connectivity index (χ0v) is 16.7. The molecule has 0 fully saturated rings. The van der Waals surface area contributed by atoms with E-state index in [1.54, 1.807) is 0 Å². The number of allylic oxidation sites excluding steroid dienone is 1. The number of carbonyl (C=O) groups is 1. The van der Waals surface area contributed by atoms with Gasteiger partial charge in [-0.2, -0.15) is 5.26 Å². The van der Waals surface area contributed by atoms with Crippen LogP contribution in [0.1, 0.15) is 0 Å². The van der Waals surface area contributed by atoms with Crippen LogP contribution < -0.4 is 9.80 Å². The van der Waals surface area contributed by atoms with Crippen molar-refractivity contribution in [1.82, 2.24) is 10.2 Å². The van der Waals surface area contributed by atoms with Crippen molar-refractivity contribution in [3.8, 4) is 17.5 Å². The number of ketones is 1. The van der Waals surface area contributed by atoms with Crippen LogP contribution in [0.15, 0.2) is 75.6 Å². The van der Waals surface area contributed by atoms with E-state index < -0.39 is 0 Å². The van der Waals surface area contributed by atoms with E-state index in [9.17, 15) is 10.1 Å². The highest BCUT2D eigenvalue weighted by molar-refractivity contribution is 7.99. The van der Waals surface area contributed by atoms with Gasteiger partial charge in [-0.1, -0.05) is 42.1 Å². The number of fused-ring (bicyclic) bond motifs is 1. The Labute approximate surface area is 172 Å². The van der Waals surface area contributed by atoms with Crippen molar-refractivity contribution in [2.24, 2.45) is 0 Å². The molecule has 0 unspecified atom stereocenters. The third-order valence-electron chi connectivity index (χ3n) is 4.61. The lowest BCUT2D eigenvalue weighted by Crippen LogP contribution is -2.26. The monoisotopic (exact) mass is 403 g/mol. The fraction of sp³-hybridized carbons (Fsp3) is 0.143. The van der Waals surface area contributed by atoms with Gasteiger partial charge in [-0.05, 0) is 24.3 Å². The minimum absolute atomic E-state index is 0.0286. The van der Waals surface area contributed by atoms with Crippen LogP contribution in [-0.4, -0.2) is 35.8 Å². The molecule has 0 spiro atoms. The summed E-state index contributed by atoms with van der Waals surface area (Å²) in [6, 6.07) is 19.2. The van der Waals surface area contributed by atoms with E-state index in [1.165, 1.54) is 0 Å². The second-order valence-electron chi connectivity index (χ2n) is 6.37. The Morgan fingerprint density at radius 3 is 2.28 bits per heavy atom. The van der Waals surface area contributed by atoms with Gasteiger partial charge in [-0.25, -0.2) is 0 Å². The van der Waals surface area contributed by atoms with E-state index in [1.807, 2.05) is 78.5 Å². The molecule has 1 aromatic heterocycles. The largest absolute Gasteiger partial charge is 0.411 e. The summed E-state index contributed by atoms with van der Waals surface area (Å²) < 4.78 is 5.62. The molecule has 2 aromatic carbocycles. The first-order valence-electron chi connectivity index (χ1n) is 8.86. The molecule has 3 aromatic rings. The van der Waals surface area contributed by atoms with Gasteiger partial charge in [0.2, 0.25) is 5.89 Å². The van der Waals surface area contributed by atoms with Crippen molar-refractivity contribution in [2.45, 2.75) is 5.22 Å². The second-order valence-corrected chi connectivity index (χ2v) is 7.29. The van der Waals surface area contributed by atoms with E-state index in [2.05, 4.69) is 16.3 Å². The molecule has 7 nitrogen and oxygen atoms in total. The number of carbonyl (C=O) groups excluding carboxylic acids is 1. The van der Waals surface area contributed by atoms with Gasteiger partial charge in [0, 0.05) is 19.7 Å². The number of nitriles is 1. The Hall–Kier alpha value is -3.57. The molecule has 0 aliphatic carbocycles. The van der Waals surface area contributed by atoms with Crippen molar-refractivity contribution in [1.29, 1.82) is 5.26 Å². The minimum atomic E-state index is -0.293. The standard InChI is InChI=1S/C21H17N5O2S/c1-25-16-10-6-7-11-17(16)26(2)20(25)15(12-22)18(27)13-29-21-24-23-19(28-21)14-8-4-3-5-9-14/h3-11H,13H2,1-2H3. The van der Waals surface area contributed by atoms with Crippen molar-refractivity contribution in [2.75, 3.05) is 29.6 Å². The molecular weight excluding hydrogens is 386 g/mol. The van der Waals surface area contributed by atoms with Gasteiger partial charge in [-0.3, -0.25) is 4.79 Å². The maximum Gasteiger partial charge on any atom is 0.277 e. The van der Waals surface area contributed by atoms with E-state index in [4.69, 9.17) is 4.42 Å². The highest BCUT2D eigenvalue weighted by atomic mass is 32.2. The van der Waals surface area contributed by atoms with Gasteiger partial charge in [-0.15, -0.1) is 10.2 Å². The van der Waals surface area contributed by atoms with Crippen LogP contribution in [-0.2, 0) is 4.79 Å². The molecule has 0 N–H and O–H groups in total. The molecule has 8 heteroatoms. The number of Topliss-reactive ketones (excluding diaryl/α,β-unsaturated/α-hetero) is 1. The predicted octanol–water partition coefficient (Wildman–Crippen LogP) is 3.72. The number of hydrogen-bond donors (Lipinski definition) is 0. The molecule has 0 radical (unpaired) electrons. The van der Waals surface area contributed by atoms with Gasteiger partial charge in [0.05, 0.1) is 17.1 Å². The summed E-state index contributed by atoms with van der Waals surface area (Å²) in [6.45, 7) is 0. The topological polar surface area (TPSA) is 86.3 Å². The highest BCUT2D eigenvalue weighted by Crippen LogP contribution is 2.40. The summed E-state index contributed by atoms with van der Waals surface area (Å²) in [5, 5.41) is 18.0. The molecule has 144 valence electrons. The van der Waals surface area contributed by atoms with Crippen molar-refractivity contribution >= 4 is 28.9 Å². The molecule has 0 saturated heterocycles. The number of para-hydroxylation sites is 2. The lowest BCUT2D eigenvalue weighted by molar-refractivity contribution is -0.112. The molecule has 0 saturated carbocycles. The van der Waals surface area contributed by atoms with Crippen LogP contribution in [0.25, 0.3) is 11.5 Å². The number of rotatable bonds is 5. The summed E-state index contributed by atoms with van der Waals surface area (Å²) in [7, 11) is 3.69. The summed E-state index contributed by atoms with van der Waals surface area (Å²) in [4.78, 5) is 16.5. The Morgan fingerprint density at radius 1 is 1.03 bits per heavy atom. The number of thioether (sulfide) groups is 1. The van der Waals surface area contributed by atoms with Crippen molar-refractivity contribution < 1.29 is 9.21 Å². The van der Waals surface area contributed by atoms with E-state index >= 15 is 0 Å². The fourth-order valence-corrected chi connectivity index (χ4v) is 3.86. The fourth-order valence-electron chi connectivity index (χ4n) is 3.22. The van der Waals surface area contributed by atoms with Gasteiger partial charge >= 0.3 is 0 Å². The number of aromatic nitrogens is 2. The van der Waals surface area contributed by atoms with E-state index in [-0.39, 0.29) is 22.3 Å². The number of hydrogen-bond acceptors (Lipinski definition) is 8. The normalized spacial score (nSPS) is 12.7. The number of nitrogens with zero attached hydrogens (tertiary/aromatic N) is 5. The van der Waals surface area contributed by atoms with Crippen LogP contribution >= 0.6 is 11.8 Å². The molecule has 1 aliphatic heterocycles. The molecular formula is C21H17N5O2S. The van der Waals surface area contributed by atoms with Crippen LogP contribution in [0, 0.1) is 11.3 Å². The molecule has 0 bridgehead atoms. The third-order valence-corrected chi connectivity index (χ3v) is 5.43. The predicted molar refractivity (Wildman–Crippen MR) is 111 cm³/mol. The third kappa shape index (κ3) is 3.48. The average molecular weight is 403 g/mol.